The highest BCUT2D eigenvalue weighted by Gasteiger charge is 2.09. The van der Waals surface area contributed by atoms with Crippen molar-refractivity contribution in [2.24, 2.45) is 5.41 Å². The molecule has 0 saturated carbocycles. The van der Waals surface area contributed by atoms with E-state index < -0.39 is 0 Å². The molecule has 0 aliphatic carbocycles. The Kier molecular flexibility index (Phi) is 5.37. The Morgan fingerprint density at radius 3 is 2.22 bits per heavy atom. The number of nitrogens with zero attached hydrogens (tertiary/aromatic N) is 1. The number of carbonyl (C=O) groups excluding carboxylic acids is 1. The molecule has 0 fully saturated rings. The lowest BCUT2D eigenvalue weighted by molar-refractivity contribution is 0.102. The van der Waals surface area contributed by atoms with E-state index in [0.29, 0.717) is 11.4 Å². The van der Waals surface area contributed by atoms with Crippen molar-refractivity contribution in [3.8, 4) is 0 Å². The van der Waals surface area contributed by atoms with Crippen LogP contribution in [0.25, 0.3) is 5.57 Å². The number of carbonyl (C=O) groups is 1. The Balaban J connectivity index is 2.11. The van der Waals surface area contributed by atoms with Crippen molar-refractivity contribution in [3.05, 3.63) is 64.3 Å². The maximum Gasteiger partial charge on any atom is 0.256 e. The van der Waals surface area contributed by atoms with Gasteiger partial charge in [-0.15, -0.1) is 0 Å². The normalized spacial score (nSPS) is 12.1. The first-order chi connectivity index (χ1) is 10.7. The SMILES string of the molecule is CC(=CC(C)(C)C)c1ccc(C(=O)Nc2ccc(Br)cn2)cc1. The molecule has 1 aromatic carbocycles. The maximum absolute atomic E-state index is 12.2. The zero-order valence-electron chi connectivity index (χ0n) is 13.9. The Labute approximate surface area is 146 Å². The van der Waals surface area contributed by atoms with Gasteiger partial charge in [0.1, 0.15) is 5.82 Å². The number of halogens is 1. The molecule has 1 heterocycles. The van der Waals surface area contributed by atoms with Crippen molar-refractivity contribution in [2.45, 2.75) is 27.7 Å². The number of allylic oxidation sites excluding steroid dienone is 2. The number of amides is 1. The quantitative estimate of drug-likeness (QED) is 0.767. The predicted molar refractivity (Wildman–Crippen MR) is 99.4 cm³/mol. The van der Waals surface area contributed by atoms with Crippen LogP contribution in [0.5, 0.6) is 0 Å². The number of benzene rings is 1. The van der Waals surface area contributed by atoms with Crippen LogP contribution < -0.4 is 5.32 Å². The summed E-state index contributed by atoms with van der Waals surface area (Å²) in [6, 6.07) is 11.2. The summed E-state index contributed by atoms with van der Waals surface area (Å²) in [6.07, 6.45) is 3.88. The molecule has 0 aliphatic rings. The van der Waals surface area contributed by atoms with E-state index in [1.54, 1.807) is 12.3 Å². The first-order valence-corrected chi connectivity index (χ1v) is 8.27. The molecule has 120 valence electrons. The van der Waals surface area contributed by atoms with Gasteiger partial charge >= 0.3 is 0 Å². The zero-order chi connectivity index (χ0) is 17.0. The summed E-state index contributed by atoms with van der Waals surface area (Å²) < 4.78 is 0.876. The first-order valence-electron chi connectivity index (χ1n) is 7.47. The van der Waals surface area contributed by atoms with Crippen LogP contribution in [0.15, 0.2) is 53.1 Å². The Bertz CT molecular complexity index is 711. The molecular formula is C19H21BrN2O. The molecular weight excluding hydrogens is 352 g/mol. The molecule has 0 saturated heterocycles. The minimum atomic E-state index is -0.163. The predicted octanol–water partition coefficient (Wildman–Crippen LogP) is 5.55. The molecule has 0 unspecified atom stereocenters. The highest BCUT2D eigenvalue weighted by molar-refractivity contribution is 9.10. The topological polar surface area (TPSA) is 42.0 Å². The summed E-state index contributed by atoms with van der Waals surface area (Å²) in [5.74, 6) is 0.370. The van der Waals surface area contributed by atoms with E-state index in [1.165, 1.54) is 5.57 Å². The lowest BCUT2D eigenvalue weighted by Gasteiger charge is -2.14. The van der Waals surface area contributed by atoms with Crippen molar-refractivity contribution >= 4 is 33.2 Å². The number of hydrogen-bond donors (Lipinski definition) is 1. The summed E-state index contributed by atoms with van der Waals surface area (Å²) >= 11 is 3.32. The number of nitrogens with one attached hydrogen (secondary N) is 1. The average Bonchev–Trinajstić information content (AvgIpc) is 2.48. The van der Waals surface area contributed by atoms with Gasteiger partial charge in [0.25, 0.3) is 5.91 Å². The van der Waals surface area contributed by atoms with Gasteiger partial charge in [0.2, 0.25) is 0 Å². The number of pyridine rings is 1. The molecule has 23 heavy (non-hydrogen) atoms. The summed E-state index contributed by atoms with van der Waals surface area (Å²) in [5.41, 5.74) is 3.08. The van der Waals surface area contributed by atoms with Crippen LogP contribution in [0.3, 0.4) is 0 Å². The molecule has 2 aromatic rings. The third-order valence-corrected chi connectivity index (χ3v) is 3.69. The summed E-state index contributed by atoms with van der Waals surface area (Å²) in [5, 5.41) is 2.79. The Morgan fingerprint density at radius 2 is 1.70 bits per heavy atom. The standard InChI is InChI=1S/C19H21BrN2O/c1-13(11-19(2,3)4)14-5-7-15(8-6-14)18(23)22-17-10-9-16(20)12-21-17/h5-12H,1-4H3,(H,21,22,23). The fraction of sp³-hybridized carbons (Fsp3) is 0.263. The van der Waals surface area contributed by atoms with Gasteiger partial charge in [0.15, 0.2) is 0 Å². The van der Waals surface area contributed by atoms with E-state index in [9.17, 15) is 4.79 Å². The molecule has 0 spiro atoms. The molecule has 1 amide bonds. The third kappa shape index (κ3) is 5.32. The number of aromatic nitrogens is 1. The van der Waals surface area contributed by atoms with Crippen LogP contribution >= 0.6 is 15.9 Å². The molecule has 0 atom stereocenters. The van der Waals surface area contributed by atoms with Crippen LogP contribution in [-0.4, -0.2) is 10.9 Å². The molecule has 0 aliphatic heterocycles. The fourth-order valence-corrected chi connectivity index (χ4v) is 2.49. The lowest BCUT2D eigenvalue weighted by atomic mass is 9.91. The first kappa shape index (κ1) is 17.4. The second-order valence-electron chi connectivity index (χ2n) is 6.59. The zero-order valence-corrected chi connectivity index (χ0v) is 15.4. The van der Waals surface area contributed by atoms with Crippen LogP contribution in [0, 0.1) is 5.41 Å². The minimum absolute atomic E-state index is 0.132. The fourth-order valence-electron chi connectivity index (χ4n) is 2.26. The molecule has 0 radical (unpaired) electrons. The number of anilines is 1. The van der Waals surface area contributed by atoms with E-state index in [4.69, 9.17) is 0 Å². The van der Waals surface area contributed by atoms with Crippen molar-refractivity contribution in [1.29, 1.82) is 0 Å². The molecule has 1 aromatic heterocycles. The number of hydrogen-bond acceptors (Lipinski definition) is 2. The van der Waals surface area contributed by atoms with Gasteiger partial charge in [0.05, 0.1) is 0 Å². The Hall–Kier alpha value is -1.94. The molecule has 1 N–H and O–H groups in total. The second kappa shape index (κ2) is 7.09. The molecule has 3 nitrogen and oxygen atoms in total. The van der Waals surface area contributed by atoms with Gasteiger partial charge in [-0.2, -0.15) is 0 Å². The van der Waals surface area contributed by atoms with Crippen LogP contribution in [0.4, 0.5) is 5.82 Å². The molecule has 2 rings (SSSR count). The van der Waals surface area contributed by atoms with Crippen molar-refractivity contribution in [2.75, 3.05) is 5.32 Å². The van der Waals surface area contributed by atoms with E-state index in [2.05, 4.69) is 60.0 Å². The van der Waals surface area contributed by atoms with E-state index in [-0.39, 0.29) is 11.3 Å². The van der Waals surface area contributed by atoms with Gasteiger partial charge in [-0.05, 0) is 63.7 Å². The lowest BCUT2D eigenvalue weighted by Crippen LogP contribution is -2.12. The van der Waals surface area contributed by atoms with Crippen LogP contribution in [-0.2, 0) is 0 Å². The largest absolute Gasteiger partial charge is 0.307 e. The summed E-state index contributed by atoms with van der Waals surface area (Å²) in [7, 11) is 0. The van der Waals surface area contributed by atoms with Gasteiger partial charge in [-0.3, -0.25) is 4.79 Å². The molecule has 0 bridgehead atoms. The van der Waals surface area contributed by atoms with Crippen molar-refractivity contribution in [3.63, 3.8) is 0 Å². The van der Waals surface area contributed by atoms with Crippen molar-refractivity contribution < 1.29 is 4.79 Å². The van der Waals surface area contributed by atoms with Crippen molar-refractivity contribution in [1.82, 2.24) is 4.98 Å². The van der Waals surface area contributed by atoms with Crippen LogP contribution in [0.1, 0.15) is 43.6 Å². The smallest absolute Gasteiger partial charge is 0.256 e. The van der Waals surface area contributed by atoms with E-state index in [0.717, 1.165) is 10.0 Å². The minimum Gasteiger partial charge on any atom is -0.307 e. The van der Waals surface area contributed by atoms with Gasteiger partial charge in [0, 0.05) is 16.2 Å². The summed E-state index contributed by atoms with van der Waals surface area (Å²) in [4.78, 5) is 16.4. The Morgan fingerprint density at radius 1 is 1.09 bits per heavy atom. The van der Waals surface area contributed by atoms with E-state index in [1.807, 2.05) is 30.3 Å². The maximum atomic E-state index is 12.2. The van der Waals surface area contributed by atoms with Crippen LogP contribution in [0.2, 0.25) is 0 Å². The second-order valence-corrected chi connectivity index (χ2v) is 7.50. The highest BCUT2D eigenvalue weighted by atomic mass is 79.9. The average molecular weight is 373 g/mol. The monoisotopic (exact) mass is 372 g/mol. The van der Waals surface area contributed by atoms with Gasteiger partial charge in [-0.1, -0.05) is 39.0 Å². The van der Waals surface area contributed by atoms with E-state index >= 15 is 0 Å². The number of rotatable bonds is 3. The molecule has 4 heteroatoms. The third-order valence-electron chi connectivity index (χ3n) is 3.22. The summed E-state index contributed by atoms with van der Waals surface area (Å²) in [6.45, 7) is 8.60. The van der Waals surface area contributed by atoms with Gasteiger partial charge in [-0.25, -0.2) is 4.98 Å². The highest BCUT2D eigenvalue weighted by Crippen LogP contribution is 2.23. The van der Waals surface area contributed by atoms with Gasteiger partial charge < -0.3 is 5.32 Å².